The van der Waals surface area contributed by atoms with E-state index in [1.165, 1.54) is 12.0 Å². The molecule has 0 bridgehead atoms. The highest BCUT2D eigenvalue weighted by molar-refractivity contribution is 7.92. The van der Waals surface area contributed by atoms with Crippen LogP contribution in [0.2, 0.25) is 0 Å². The van der Waals surface area contributed by atoms with Crippen LogP contribution in [0, 0.1) is 11.8 Å². The fourth-order valence-corrected chi connectivity index (χ4v) is 4.21. The van der Waals surface area contributed by atoms with Crippen molar-refractivity contribution in [1.82, 2.24) is 5.32 Å². The number of ether oxygens (including phenoxy) is 2. The molecule has 0 radical (unpaired) electrons. The second kappa shape index (κ2) is 9.88. The summed E-state index contributed by atoms with van der Waals surface area (Å²) in [6.45, 7) is 6.35. The van der Waals surface area contributed by atoms with E-state index in [2.05, 4.69) is 21.9 Å². The number of carbonyl (C=O) groups is 2. The van der Waals surface area contributed by atoms with Crippen molar-refractivity contribution < 1.29 is 27.5 Å². The number of sulfonamides is 1. The Hall–Kier alpha value is -3.71. The van der Waals surface area contributed by atoms with Crippen LogP contribution < -0.4 is 24.4 Å². The predicted molar refractivity (Wildman–Crippen MR) is 135 cm³/mol. The van der Waals surface area contributed by atoms with Crippen molar-refractivity contribution >= 4 is 33.3 Å². The molecular formula is C25H29N3O6S. The molecule has 1 saturated heterocycles. The number of methoxy groups -OCH3 is 2. The number of benzene rings is 2. The van der Waals surface area contributed by atoms with Gasteiger partial charge in [0.2, 0.25) is 15.9 Å². The van der Waals surface area contributed by atoms with E-state index in [0.717, 1.165) is 11.8 Å². The molecule has 0 unspecified atom stereocenters. The number of nitrogens with one attached hydrogen (secondary N) is 2. The SMILES string of the molecule is COc1cc(NS(C)(=O)=O)ccc1C#Cc1cc(N2CCC(=O)NC2=O)cc(C(C)(C)C)c1OC. The Kier molecular flexibility index (Phi) is 7.31. The number of hydrogen-bond acceptors (Lipinski definition) is 6. The zero-order valence-electron chi connectivity index (χ0n) is 20.6. The van der Waals surface area contributed by atoms with Gasteiger partial charge in [0, 0.05) is 30.3 Å². The largest absolute Gasteiger partial charge is 0.495 e. The van der Waals surface area contributed by atoms with E-state index in [9.17, 15) is 18.0 Å². The third kappa shape index (κ3) is 6.25. The number of carbonyl (C=O) groups excluding carboxylic acids is 2. The van der Waals surface area contributed by atoms with Crippen molar-refractivity contribution in [3.8, 4) is 23.3 Å². The minimum absolute atomic E-state index is 0.203. The lowest BCUT2D eigenvalue weighted by atomic mass is 9.84. The van der Waals surface area contributed by atoms with E-state index in [4.69, 9.17) is 9.47 Å². The Labute approximate surface area is 205 Å². The van der Waals surface area contributed by atoms with E-state index in [1.54, 1.807) is 31.4 Å². The van der Waals surface area contributed by atoms with Gasteiger partial charge >= 0.3 is 6.03 Å². The Morgan fingerprint density at radius 2 is 1.71 bits per heavy atom. The summed E-state index contributed by atoms with van der Waals surface area (Å²) >= 11 is 0. The molecule has 35 heavy (non-hydrogen) atoms. The highest BCUT2D eigenvalue weighted by Crippen LogP contribution is 2.38. The summed E-state index contributed by atoms with van der Waals surface area (Å²) in [7, 11) is -0.402. The average molecular weight is 500 g/mol. The fraction of sp³-hybridized carbons (Fsp3) is 0.360. The Bertz CT molecular complexity index is 1330. The summed E-state index contributed by atoms with van der Waals surface area (Å²) in [6, 6.07) is 7.95. The molecule has 2 aromatic rings. The van der Waals surface area contributed by atoms with E-state index in [1.807, 2.05) is 26.8 Å². The number of urea groups is 1. The molecule has 2 aromatic carbocycles. The van der Waals surface area contributed by atoms with E-state index < -0.39 is 16.1 Å². The van der Waals surface area contributed by atoms with Gasteiger partial charge in [0.15, 0.2) is 0 Å². The van der Waals surface area contributed by atoms with Crippen LogP contribution in [0.5, 0.6) is 11.5 Å². The molecule has 0 aromatic heterocycles. The summed E-state index contributed by atoms with van der Waals surface area (Å²) in [5, 5.41) is 2.34. The number of rotatable bonds is 5. The van der Waals surface area contributed by atoms with Crippen molar-refractivity contribution in [2.45, 2.75) is 32.6 Å². The lowest BCUT2D eigenvalue weighted by Crippen LogP contribution is -2.49. The molecule has 9 nitrogen and oxygen atoms in total. The quantitative estimate of drug-likeness (QED) is 0.611. The van der Waals surface area contributed by atoms with Gasteiger partial charge in [-0.1, -0.05) is 32.6 Å². The van der Waals surface area contributed by atoms with Gasteiger partial charge in [-0.15, -0.1) is 0 Å². The molecule has 186 valence electrons. The average Bonchev–Trinajstić information content (AvgIpc) is 2.75. The van der Waals surface area contributed by atoms with Crippen LogP contribution in [0.1, 0.15) is 43.9 Å². The Morgan fingerprint density at radius 1 is 1.03 bits per heavy atom. The zero-order chi connectivity index (χ0) is 26.0. The molecule has 3 amide bonds. The molecule has 3 rings (SSSR count). The van der Waals surface area contributed by atoms with Crippen molar-refractivity contribution in [2.24, 2.45) is 0 Å². The molecular weight excluding hydrogens is 470 g/mol. The number of anilines is 2. The van der Waals surface area contributed by atoms with Gasteiger partial charge < -0.3 is 9.47 Å². The molecule has 0 aliphatic carbocycles. The predicted octanol–water partition coefficient (Wildman–Crippen LogP) is 3.22. The fourth-order valence-electron chi connectivity index (χ4n) is 3.66. The minimum Gasteiger partial charge on any atom is -0.495 e. The highest BCUT2D eigenvalue weighted by Gasteiger charge is 2.28. The van der Waals surface area contributed by atoms with Crippen LogP contribution in [0.3, 0.4) is 0 Å². The number of imide groups is 1. The van der Waals surface area contributed by atoms with Gasteiger partial charge in [-0.25, -0.2) is 13.2 Å². The normalized spacial score (nSPS) is 14.1. The van der Waals surface area contributed by atoms with Gasteiger partial charge in [0.1, 0.15) is 11.5 Å². The van der Waals surface area contributed by atoms with Crippen LogP contribution in [0.15, 0.2) is 30.3 Å². The lowest BCUT2D eigenvalue weighted by Gasteiger charge is -2.30. The first-order chi connectivity index (χ1) is 16.3. The molecule has 1 fully saturated rings. The van der Waals surface area contributed by atoms with Crippen molar-refractivity contribution in [3.05, 3.63) is 47.0 Å². The van der Waals surface area contributed by atoms with Gasteiger partial charge in [-0.2, -0.15) is 0 Å². The molecule has 1 aliphatic rings. The third-order valence-electron chi connectivity index (χ3n) is 5.29. The molecule has 0 atom stereocenters. The standard InChI is InChI=1S/C25H29N3O6S/c1-25(2,3)20-15-19(28-12-11-22(29)26-24(28)30)13-17(23(20)34-5)8-7-16-9-10-18(14-21(16)33-4)27-35(6,31)32/h9-10,13-15,27H,11-12H2,1-6H3,(H,26,29,30). The summed E-state index contributed by atoms with van der Waals surface area (Å²) in [4.78, 5) is 25.6. The van der Waals surface area contributed by atoms with Gasteiger partial charge in [0.05, 0.1) is 37.3 Å². The van der Waals surface area contributed by atoms with E-state index >= 15 is 0 Å². The summed E-state index contributed by atoms with van der Waals surface area (Å²) < 4.78 is 36.6. The van der Waals surface area contributed by atoms with E-state index in [-0.39, 0.29) is 24.3 Å². The number of hydrogen-bond donors (Lipinski definition) is 2. The molecule has 1 aliphatic heterocycles. The van der Waals surface area contributed by atoms with Gasteiger partial charge in [-0.3, -0.25) is 19.7 Å². The van der Waals surface area contributed by atoms with Crippen LogP contribution in [-0.4, -0.2) is 47.4 Å². The van der Waals surface area contributed by atoms with E-state index in [0.29, 0.717) is 34.0 Å². The number of nitrogens with zero attached hydrogens (tertiary/aromatic N) is 1. The first-order valence-electron chi connectivity index (χ1n) is 10.8. The molecule has 0 saturated carbocycles. The molecule has 0 spiro atoms. The second-order valence-electron chi connectivity index (χ2n) is 9.12. The maximum Gasteiger partial charge on any atom is 0.328 e. The molecule has 10 heteroatoms. The van der Waals surface area contributed by atoms with Crippen LogP contribution in [0.4, 0.5) is 16.2 Å². The Balaban J connectivity index is 2.12. The maximum absolute atomic E-state index is 12.5. The van der Waals surface area contributed by atoms with Gasteiger partial charge in [0.25, 0.3) is 0 Å². The highest BCUT2D eigenvalue weighted by atomic mass is 32.2. The van der Waals surface area contributed by atoms with Crippen LogP contribution in [-0.2, 0) is 20.2 Å². The topological polar surface area (TPSA) is 114 Å². The van der Waals surface area contributed by atoms with Crippen molar-refractivity contribution in [2.75, 3.05) is 36.6 Å². The molecule has 1 heterocycles. The molecule has 2 N–H and O–H groups in total. The summed E-state index contributed by atoms with van der Waals surface area (Å²) in [6.07, 6.45) is 1.27. The van der Waals surface area contributed by atoms with Gasteiger partial charge in [-0.05, 0) is 29.7 Å². The maximum atomic E-state index is 12.5. The third-order valence-corrected chi connectivity index (χ3v) is 5.89. The van der Waals surface area contributed by atoms with Crippen LogP contribution >= 0.6 is 0 Å². The summed E-state index contributed by atoms with van der Waals surface area (Å²) in [5.41, 5.74) is 2.58. The monoisotopic (exact) mass is 499 g/mol. The second-order valence-corrected chi connectivity index (χ2v) is 10.9. The van der Waals surface area contributed by atoms with Crippen molar-refractivity contribution in [3.63, 3.8) is 0 Å². The first kappa shape index (κ1) is 25.9. The van der Waals surface area contributed by atoms with Crippen molar-refractivity contribution in [1.29, 1.82) is 0 Å². The lowest BCUT2D eigenvalue weighted by molar-refractivity contribution is -0.120. The van der Waals surface area contributed by atoms with Crippen LogP contribution in [0.25, 0.3) is 0 Å². The first-order valence-corrected chi connectivity index (χ1v) is 12.7. The smallest absolute Gasteiger partial charge is 0.328 e. The number of amides is 3. The zero-order valence-corrected chi connectivity index (χ0v) is 21.4. The summed E-state index contributed by atoms with van der Waals surface area (Å²) in [5.74, 6) is 6.85. The Morgan fingerprint density at radius 3 is 2.29 bits per heavy atom. The minimum atomic E-state index is -3.44.